The van der Waals surface area contributed by atoms with Crippen LogP contribution in [0.3, 0.4) is 0 Å². The number of urea groups is 1. The fourth-order valence-corrected chi connectivity index (χ4v) is 3.47. The molecule has 1 atom stereocenters. The lowest BCUT2D eigenvalue weighted by Crippen LogP contribution is -2.52. The molecule has 3 rings (SSSR count). The number of nitrogens with zero attached hydrogens (tertiary/aromatic N) is 4. The van der Waals surface area contributed by atoms with E-state index in [1.807, 2.05) is 0 Å². The van der Waals surface area contributed by atoms with Gasteiger partial charge < -0.3 is 19.7 Å². The van der Waals surface area contributed by atoms with Crippen LogP contribution in [0.4, 0.5) is 22.4 Å². The molecule has 0 aliphatic carbocycles. The zero-order chi connectivity index (χ0) is 22.8. The highest BCUT2D eigenvalue weighted by atomic mass is 19.4. The van der Waals surface area contributed by atoms with Gasteiger partial charge in [0.15, 0.2) is 0 Å². The second-order valence-electron chi connectivity index (χ2n) is 7.68. The molecule has 2 heterocycles. The van der Waals surface area contributed by atoms with Gasteiger partial charge in [0, 0.05) is 46.0 Å². The van der Waals surface area contributed by atoms with Crippen molar-refractivity contribution in [3.8, 4) is 0 Å². The van der Waals surface area contributed by atoms with Gasteiger partial charge in [0.2, 0.25) is 0 Å². The van der Waals surface area contributed by atoms with Gasteiger partial charge in [0.05, 0.1) is 11.9 Å². The summed E-state index contributed by atoms with van der Waals surface area (Å²) in [6, 6.07) is 2.42. The Morgan fingerprint density at radius 1 is 1.29 bits per heavy atom. The Balaban J connectivity index is 1.63. The van der Waals surface area contributed by atoms with E-state index in [0.717, 1.165) is 25.0 Å². The molecule has 2 aromatic rings. The van der Waals surface area contributed by atoms with Gasteiger partial charge in [0.25, 0.3) is 5.91 Å². The molecule has 0 saturated carbocycles. The van der Waals surface area contributed by atoms with Crippen LogP contribution in [-0.4, -0.2) is 64.5 Å². The average molecular weight is 441 g/mol. The largest absolute Gasteiger partial charge is 0.419 e. The van der Waals surface area contributed by atoms with Gasteiger partial charge in [-0.05, 0) is 30.5 Å². The van der Waals surface area contributed by atoms with Crippen LogP contribution in [0.2, 0.25) is 0 Å². The number of piperidine rings is 1. The minimum Gasteiger partial charge on any atom is -0.346 e. The normalized spacial score (nSPS) is 16.8. The lowest BCUT2D eigenvalue weighted by molar-refractivity contribution is -0.140. The van der Waals surface area contributed by atoms with Crippen molar-refractivity contribution >= 4 is 11.9 Å². The molecular formula is C20H23F4N5O2. The monoisotopic (exact) mass is 441 g/mol. The van der Waals surface area contributed by atoms with E-state index >= 15 is 0 Å². The van der Waals surface area contributed by atoms with Gasteiger partial charge in [-0.1, -0.05) is 6.07 Å². The maximum atomic E-state index is 13.4. The fourth-order valence-electron chi connectivity index (χ4n) is 3.47. The van der Waals surface area contributed by atoms with Crippen molar-refractivity contribution < 1.29 is 27.2 Å². The minimum absolute atomic E-state index is 0.00180. The minimum atomic E-state index is -4.79. The number of hydrogen-bond donors (Lipinski definition) is 1. The van der Waals surface area contributed by atoms with Crippen molar-refractivity contribution in [3.05, 3.63) is 53.4 Å². The lowest BCUT2D eigenvalue weighted by atomic mass is 10.1. The number of carbonyl (C=O) groups is 2. The molecule has 168 valence electrons. The highest BCUT2D eigenvalue weighted by molar-refractivity contribution is 5.92. The zero-order valence-electron chi connectivity index (χ0n) is 17.1. The standard InChI is InChI=1S/C20H23F4N5O2/c1-27(2)19(31)29-7-3-4-14(10-29)26-18(30)17-11-28(12-25-17)9-13-5-6-16(21)15(8-13)20(22,23)24/h5-6,8,11-12,14H,3-4,7,9-10H2,1-2H3,(H,26,30). The summed E-state index contributed by atoms with van der Waals surface area (Å²) in [5.41, 5.74) is -1.00. The highest BCUT2D eigenvalue weighted by Gasteiger charge is 2.34. The molecule has 7 nitrogen and oxygen atoms in total. The molecule has 1 aromatic heterocycles. The van der Waals surface area contributed by atoms with E-state index in [0.29, 0.717) is 13.1 Å². The van der Waals surface area contributed by atoms with Crippen molar-refractivity contribution in [3.63, 3.8) is 0 Å². The van der Waals surface area contributed by atoms with E-state index in [9.17, 15) is 27.2 Å². The number of halogens is 4. The van der Waals surface area contributed by atoms with Crippen molar-refractivity contribution in [1.82, 2.24) is 24.7 Å². The molecule has 1 aliphatic heterocycles. The maximum Gasteiger partial charge on any atom is 0.419 e. The third kappa shape index (κ3) is 5.53. The number of benzene rings is 1. The highest BCUT2D eigenvalue weighted by Crippen LogP contribution is 2.32. The molecule has 1 fully saturated rings. The van der Waals surface area contributed by atoms with Crippen LogP contribution in [-0.2, 0) is 12.7 Å². The van der Waals surface area contributed by atoms with Crippen LogP contribution in [0, 0.1) is 5.82 Å². The SMILES string of the molecule is CN(C)C(=O)N1CCCC(NC(=O)c2cn(Cc3ccc(F)c(C(F)(F)F)c3)cn2)C1. The van der Waals surface area contributed by atoms with Crippen LogP contribution >= 0.6 is 0 Å². The predicted octanol–water partition coefficient (Wildman–Crippen LogP) is 2.97. The number of alkyl halides is 3. The van der Waals surface area contributed by atoms with E-state index in [2.05, 4.69) is 10.3 Å². The summed E-state index contributed by atoms with van der Waals surface area (Å²) in [5.74, 6) is -1.77. The summed E-state index contributed by atoms with van der Waals surface area (Å²) in [4.78, 5) is 31.8. The van der Waals surface area contributed by atoms with Crippen LogP contribution in [0.25, 0.3) is 0 Å². The summed E-state index contributed by atoms with van der Waals surface area (Å²) in [6.45, 7) is 1.01. The van der Waals surface area contributed by atoms with Gasteiger partial charge in [0.1, 0.15) is 11.5 Å². The molecule has 31 heavy (non-hydrogen) atoms. The van der Waals surface area contributed by atoms with E-state index in [4.69, 9.17) is 0 Å². The van der Waals surface area contributed by atoms with Crippen LogP contribution in [0.1, 0.15) is 34.5 Å². The van der Waals surface area contributed by atoms with Crippen molar-refractivity contribution in [2.75, 3.05) is 27.2 Å². The first-order valence-electron chi connectivity index (χ1n) is 9.69. The first-order valence-corrected chi connectivity index (χ1v) is 9.69. The first kappa shape index (κ1) is 22.6. The van der Waals surface area contributed by atoms with E-state index in [1.54, 1.807) is 19.0 Å². The van der Waals surface area contributed by atoms with Crippen molar-refractivity contribution in [2.24, 2.45) is 0 Å². The molecule has 1 unspecified atom stereocenters. The second-order valence-corrected chi connectivity index (χ2v) is 7.68. The lowest BCUT2D eigenvalue weighted by Gasteiger charge is -2.34. The van der Waals surface area contributed by atoms with Crippen LogP contribution < -0.4 is 5.32 Å². The smallest absolute Gasteiger partial charge is 0.346 e. The van der Waals surface area contributed by atoms with Gasteiger partial charge in [-0.25, -0.2) is 14.2 Å². The summed E-state index contributed by atoms with van der Waals surface area (Å²) in [6.07, 6.45) is -0.571. The number of likely N-dealkylation sites (tertiary alicyclic amines) is 1. The third-order valence-corrected chi connectivity index (χ3v) is 4.98. The Labute approximate surface area is 176 Å². The van der Waals surface area contributed by atoms with Gasteiger partial charge in [-0.3, -0.25) is 4.79 Å². The number of nitrogens with one attached hydrogen (secondary N) is 1. The maximum absolute atomic E-state index is 13.4. The van der Waals surface area contributed by atoms with Crippen molar-refractivity contribution in [1.29, 1.82) is 0 Å². The van der Waals surface area contributed by atoms with Gasteiger partial charge in [-0.15, -0.1) is 0 Å². The Morgan fingerprint density at radius 3 is 2.71 bits per heavy atom. The number of amides is 3. The first-order chi connectivity index (χ1) is 14.5. The van der Waals surface area contributed by atoms with E-state index < -0.39 is 23.5 Å². The van der Waals surface area contributed by atoms with E-state index in [1.165, 1.54) is 28.1 Å². The third-order valence-electron chi connectivity index (χ3n) is 4.98. The van der Waals surface area contributed by atoms with Gasteiger partial charge in [-0.2, -0.15) is 13.2 Å². The Hall–Kier alpha value is -3.11. The molecule has 1 aromatic carbocycles. The number of carbonyl (C=O) groups excluding carboxylic acids is 2. The van der Waals surface area contributed by atoms with Crippen LogP contribution in [0.5, 0.6) is 0 Å². The fraction of sp³-hybridized carbons (Fsp3) is 0.450. The van der Waals surface area contributed by atoms with Gasteiger partial charge >= 0.3 is 12.2 Å². The Bertz CT molecular complexity index is 957. The predicted molar refractivity (Wildman–Crippen MR) is 104 cm³/mol. The Morgan fingerprint density at radius 2 is 2.03 bits per heavy atom. The zero-order valence-corrected chi connectivity index (χ0v) is 17.1. The summed E-state index contributed by atoms with van der Waals surface area (Å²) in [7, 11) is 3.33. The molecule has 1 N–H and O–H groups in total. The van der Waals surface area contributed by atoms with Crippen LogP contribution in [0.15, 0.2) is 30.7 Å². The van der Waals surface area contributed by atoms with E-state index in [-0.39, 0.29) is 29.9 Å². The second kappa shape index (κ2) is 8.94. The number of rotatable bonds is 4. The molecule has 0 bridgehead atoms. The summed E-state index contributed by atoms with van der Waals surface area (Å²) < 4.78 is 53.5. The molecule has 1 aliphatic rings. The number of imidazole rings is 1. The molecular weight excluding hydrogens is 418 g/mol. The summed E-state index contributed by atoms with van der Waals surface area (Å²) >= 11 is 0. The molecule has 3 amide bonds. The molecule has 11 heteroatoms. The average Bonchev–Trinajstić information content (AvgIpc) is 3.17. The molecule has 1 saturated heterocycles. The molecule has 0 spiro atoms. The summed E-state index contributed by atoms with van der Waals surface area (Å²) in [5, 5.41) is 2.85. The Kier molecular flexibility index (Phi) is 6.51. The quantitative estimate of drug-likeness (QED) is 0.742. The topological polar surface area (TPSA) is 70.5 Å². The molecule has 0 radical (unpaired) electrons. The number of aromatic nitrogens is 2. The number of hydrogen-bond acceptors (Lipinski definition) is 3. The van der Waals surface area contributed by atoms with Crippen molar-refractivity contribution in [2.45, 2.75) is 31.6 Å².